The van der Waals surface area contributed by atoms with E-state index in [9.17, 15) is 9.18 Å². The summed E-state index contributed by atoms with van der Waals surface area (Å²) in [7, 11) is 0. The van der Waals surface area contributed by atoms with E-state index in [-0.39, 0.29) is 18.3 Å². The number of benzene rings is 2. The molecule has 31 heavy (non-hydrogen) atoms. The monoisotopic (exact) mass is 440 g/mol. The van der Waals surface area contributed by atoms with E-state index in [4.69, 9.17) is 16.3 Å². The maximum atomic E-state index is 13.6. The molecule has 0 bridgehead atoms. The van der Waals surface area contributed by atoms with E-state index < -0.39 is 0 Å². The first-order valence-corrected chi connectivity index (χ1v) is 10.4. The van der Waals surface area contributed by atoms with E-state index in [1.165, 1.54) is 12.1 Å². The van der Waals surface area contributed by atoms with Gasteiger partial charge in [0.25, 0.3) is 5.91 Å². The Morgan fingerprint density at radius 2 is 1.81 bits per heavy atom. The van der Waals surface area contributed by atoms with Gasteiger partial charge in [0.2, 0.25) is 0 Å². The van der Waals surface area contributed by atoms with Crippen LogP contribution < -0.4 is 9.64 Å². The standard InChI is InChI=1S/C23H22ClFN4O2/c1-16-13-21(27-23(26-16)17-3-2-4-19(25)14-17)28-9-11-29(12-10-28)22(30)15-31-20-7-5-18(24)6-8-20/h2-8,13-14H,9-12,15H2,1H3. The SMILES string of the molecule is Cc1cc(N2CCN(C(=O)COc3ccc(Cl)cc3)CC2)nc(-c2cccc(F)c2)n1. The summed E-state index contributed by atoms with van der Waals surface area (Å²) in [6, 6.07) is 15.1. The first kappa shape index (κ1) is 21.1. The zero-order valence-corrected chi connectivity index (χ0v) is 17.8. The maximum Gasteiger partial charge on any atom is 0.260 e. The lowest BCUT2D eigenvalue weighted by Crippen LogP contribution is -2.50. The van der Waals surface area contributed by atoms with Gasteiger partial charge in [0.05, 0.1) is 0 Å². The Morgan fingerprint density at radius 1 is 1.06 bits per heavy atom. The van der Waals surface area contributed by atoms with Gasteiger partial charge >= 0.3 is 0 Å². The van der Waals surface area contributed by atoms with E-state index in [0.717, 1.165) is 11.5 Å². The first-order chi connectivity index (χ1) is 15.0. The van der Waals surface area contributed by atoms with Gasteiger partial charge in [-0.2, -0.15) is 0 Å². The highest BCUT2D eigenvalue weighted by molar-refractivity contribution is 6.30. The smallest absolute Gasteiger partial charge is 0.260 e. The molecule has 0 N–H and O–H groups in total. The summed E-state index contributed by atoms with van der Waals surface area (Å²) in [6.07, 6.45) is 0. The zero-order valence-electron chi connectivity index (χ0n) is 17.1. The Morgan fingerprint density at radius 3 is 2.52 bits per heavy atom. The molecule has 1 aromatic heterocycles. The zero-order chi connectivity index (χ0) is 21.8. The van der Waals surface area contributed by atoms with Gasteiger partial charge in [0.15, 0.2) is 12.4 Å². The van der Waals surface area contributed by atoms with E-state index in [0.29, 0.717) is 48.3 Å². The van der Waals surface area contributed by atoms with Crippen molar-refractivity contribution in [3.63, 3.8) is 0 Å². The fourth-order valence-electron chi connectivity index (χ4n) is 3.42. The molecule has 0 radical (unpaired) electrons. The Balaban J connectivity index is 1.37. The number of hydrogen-bond donors (Lipinski definition) is 0. The van der Waals surface area contributed by atoms with Crippen molar-refractivity contribution in [3.05, 3.63) is 71.1 Å². The van der Waals surface area contributed by atoms with Crippen LogP contribution in [0, 0.1) is 12.7 Å². The topological polar surface area (TPSA) is 58.6 Å². The molecule has 0 unspecified atom stereocenters. The Kier molecular flexibility index (Phi) is 6.32. The van der Waals surface area contributed by atoms with Gasteiger partial charge in [-0.25, -0.2) is 14.4 Å². The van der Waals surface area contributed by atoms with Crippen molar-refractivity contribution in [1.29, 1.82) is 0 Å². The highest BCUT2D eigenvalue weighted by Gasteiger charge is 2.23. The molecule has 2 heterocycles. The summed E-state index contributed by atoms with van der Waals surface area (Å²) in [6.45, 7) is 4.31. The number of piperazine rings is 1. The Labute approximate surface area is 185 Å². The molecule has 0 aliphatic carbocycles. The molecule has 3 aromatic rings. The molecule has 160 valence electrons. The lowest BCUT2D eigenvalue weighted by molar-refractivity contribution is -0.133. The second-order valence-corrected chi connectivity index (χ2v) is 7.75. The van der Waals surface area contributed by atoms with E-state index >= 15 is 0 Å². The first-order valence-electron chi connectivity index (χ1n) is 10.0. The van der Waals surface area contributed by atoms with Gasteiger partial charge in [-0.15, -0.1) is 0 Å². The van der Waals surface area contributed by atoms with Gasteiger partial charge in [-0.05, 0) is 43.3 Å². The number of aromatic nitrogens is 2. The number of aryl methyl sites for hydroxylation is 1. The van der Waals surface area contributed by atoms with Crippen LogP contribution in [-0.2, 0) is 4.79 Å². The minimum atomic E-state index is -0.322. The molecule has 1 saturated heterocycles. The van der Waals surface area contributed by atoms with Gasteiger partial charge < -0.3 is 14.5 Å². The van der Waals surface area contributed by atoms with Crippen molar-refractivity contribution >= 4 is 23.3 Å². The van der Waals surface area contributed by atoms with Gasteiger partial charge in [-0.1, -0.05) is 23.7 Å². The summed E-state index contributed by atoms with van der Waals surface area (Å²) in [5.41, 5.74) is 1.44. The number of carbonyl (C=O) groups excluding carboxylic acids is 1. The van der Waals surface area contributed by atoms with Crippen molar-refractivity contribution < 1.29 is 13.9 Å². The number of hydrogen-bond acceptors (Lipinski definition) is 5. The number of halogens is 2. The average Bonchev–Trinajstić information content (AvgIpc) is 2.78. The quantitative estimate of drug-likeness (QED) is 0.600. The number of nitrogens with zero attached hydrogens (tertiary/aromatic N) is 4. The normalized spacial score (nSPS) is 13.9. The summed E-state index contributed by atoms with van der Waals surface area (Å²) in [4.78, 5) is 25.5. The fourth-order valence-corrected chi connectivity index (χ4v) is 3.55. The van der Waals surface area contributed by atoms with Crippen LogP contribution in [0.3, 0.4) is 0 Å². The van der Waals surface area contributed by atoms with Crippen LogP contribution in [0.5, 0.6) is 5.75 Å². The summed E-state index contributed by atoms with van der Waals surface area (Å²) < 4.78 is 19.2. The molecule has 6 nitrogen and oxygen atoms in total. The molecule has 1 aliphatic rings. The summed E-state index contributed by atoms with van der Waals surface area (Å²) >= 11 is 5.86. The molecule has 0 spiro atoms. The third-order valence-corrected chi connectivity index (χ3v) is 5.31. The molecule has 0 atom stereocenters. The molecule has 1 amide bonds. The third kappa shape index (κ3) is 5.30. The van der Waals surface area contributed by atoms with Crippen molar-refractivity contribution in [3.8, 4) is 17.1 Å². The Bertz CT molecular complexity index is 1070. The second-order valence-electron chi connectivity index (χ2n) is 7.31. The molecule has 1 aliphatic heterocycles. The van der Waals surface area contributed by atoms with Crippen LogP contribution in [-0.4, -0.2) is 53.6 Å². The number of ether oxygens (including phenoxy) is 1. The second kappa shape index (κ2) is 9.31. The van der Waals surface area contributed by atoms with Gasteiger partial charge in [-0.3, -0.25) is 4.79 Å². The number of carbonyl (C=O) groups is 1. The number of amides is 1. The maximum absolute atomic E-state index is 13.6. The molecular formula is C23H22ClFN4O2. The van der Waals surface area contributed by atoms with Gasteiger partial charge in [0.1, 0.15) is 17.4 Å². The highest BCUT2D eigenvalue weighted by Crippen LogP contribution is 2.22. The van der Waals surface area contributed by atoms with Crippen molar-refractivity contribution in [1.82, 2.24) is 14.9 Å². The molecule has 8 heteroatoms. The minimum Gasteiger partial charge on any atom is -0.484 e. The highest BCUT2D eigenvalue weighted by atomic mass is 35.5. The van der Waals surface area contributed by atoms with Gasteiger partial charge in [0, 0.05) is 48.5 Å². The molecular weight excluding hydrogens is 419 g/mol. The van der Waals surface area contributed by atoms with E-state index in [2.05, 4.69) is 14.9 Å². The van der Waals surface area contributed by atoms with Crippen LogP contribution >= 0.6 is 11.6 Å². The number of anilines is 1. The van der Waals surface area contributed by atoms with E-state index in [1.807, 2.05) is 13.0 Å². The largest absolute Gasteiger partial charge is 0.484 e. The van der Waals surface area contributed by atoms with E-state index in [1.54, 1.807) is 41.3 Å². The number of rotatable bonds is 5. The van der Waals surface area contributed by atoms with Crippen LogP contribution in [0.4, 0.5) is 10.2 Å². The van der Waals surface area contributed by atoms with Crippen LogP contribution in [0.2, 0.25) is 5.02 Å². The van der Waals surface area contributed by atoms with Crippen molar-refractivity contribution in [2.24, 2.45) is 0 Å². The molecule has 2 aromatic carbocycles. The van der Waals surface area contributed by atoms with Crippen LogP contribution in [0.1, 0.15) is 5.69 Å². The molecule has 4 rings (SSSR count). The minimum absolute atomic E-state index is 0.0159. The third-order valence-electron chi connectivity index (χ3n) is 5.06. The predicted octanol–water partition coefficient (Wildman–Crippen LogP) is 3.97. The van der Waals surface area contributed by atoms with Crippen LogP contribution in [0.15, 0.2) is 54.6 Å². The predicted molar refractivity (Wildman–Crippen MR) is 118 cm³/mol. The summed E-state index contributed by atoms with van der Waals surface area (Å²) in [5.74, 6) is 1.49. The van der Waals surface area contributed by atoms with Crippen molar-refractivity contribution in [2.45, 2.75) is 6.92 Å². The fraction of sp³-hybridized carbons (Fsp3) is 0.261. The lowest BCUT2D eigenvalue weighted by Gasteiger charge is -2.35. The Hall–Kier alpha value is -3.19. The molecule has 0 saturated carbocycles. The lowest BCUT2D eigenvalue weighted by atomic mass is 10.2. The molecule has 1 fully saturated rings. The summed E-state index contributed by atoms with van der Waals surface area (Å²) in [5, 5.41) is 0.621. The van der Waals surface area contributed by atoms with Crippen LogP contribution in [0.25, 0.3) is 11.4 Å². The average molecular weight is 441 g/mol. The van der Waals surface area contributed by atoms with Crippen molar-refractivity contribution in [2.75, 3.05) is 37.7 Å².